The van der Waals surface area contributed by atoms with Crippen molar-refractivity contribution in [1.29, 1.82) is 0 Å². The van der Waals surface area contributed by atoms with Gasteiger partial charge in [0.2, 0.25) is 0 Å². The molecule has 2 aromatic rings. The zero-order valence-corrected chi connectivity index (χ0v) is 15.9. The quantitative estimate of drug-likeness (QED) is 0.863. The Hall–Kier alpha value is -2.41. The van der Waals surface area contributed by atoms with E-state index in [0.29, 0.717) is 11.4 Å². The second-order valence-corrected chi connectivity index (χ2v) is 7.61. The lowest BCUT2D eigenvalue weighted by atomic mass is 9.78. The van der Waals surface area contributed by atoms with Gasteiger partial charge in [-0.25, -0.2) is 9.97 Å². The number of H-pyrrole nitrogens is 1. The highest BCUT2D eigenvalue weighted by Crippen LogP contribution is 2.42. The van der Waals surface area contributed by atoms with Gasteiger partial charge in [-0.3, -0.25) is 9.69 Å². The molecule has 144 valence electrons. The first-order valence-corrected chi connectivity index (χ1v) is 9.92. The summed E-state index contributed by atoms with van der Waals surface area (Å²) in [7, 11) is 0. The van der Waals surface area contributed by atoms with E-state index in [4.69, 9.17) is 10.7 Å². The summed E-state index contributed by atoms with van der Waals surface area (Å²) in [6, 6.07) is 3.40. The van der Waals surface area contributed by atoms with E-state index < -0.39 is 0 Å². The highest BCUT2D eigenvalue weighted by Gasteiger charge is 2.46. The lowest BCUT2D eigenvalue weighted by Crippen LogP contribution is -2.57. The summed E-state index contributed by atoms with van der Waals surface area (Å²) in [5.41, 5.74) is 8.78. The third kappa shape index (κ3) is 3.20. The van der Waals surface area contributed by atoms with Crippen LogP contribution in [0.3, 0.4) is 0 Å². The van der Waals surface area contributed by atoms with Crippen molar-refractivity contribution in [2.24, 2.45) is 0 Å². The number of nitrogens with one attached hydrogen (secondary N) is 1. The molecular weight excluding hydrogens is 340 g/mol. The summed E-state index contributed by atoms with van der Waals surface area (Å²) in [6.45, 7) is 5.85. The van der Waals surface area contributed by atoms with E-state index in [-0.39, 0.29) is 11.4 Å². The molecule has 1 saturated heterocycles. The predicted molar refractivity (Wildman–Crippen MR) is 104 cm³/mol. The van der Waals surface area contributed by atoms with Gasteiger partial charge in [-0.2, -0.15) is 0 Å². The van der Waals surface area contributed by atoms with Crippen LogP contribution in [0.15, 0.2) is 24.7 Å². The van der Waals surface area contributed by atoms with E-state index in [1.807, 2.05) is 11.2 Å². The van der Waals surface area contributed by atoms with Gasteiger partial charge in [0, 0.05) is 43.5 Å². The minimum absolute atomic E-state index is 0.0390. The Morgan fingerprint density at radius 1 is 1.30 bits per heavy atom. The highest BCUT2D eigenvalue weighted by molar-refractivity contribution is 5.94. The number of amides is 1. The molecule has 0 saturated carbocycles. The number of carbonyl (C=O) groups is 1. The fraction of sp³-hybridized carbons (Fsp3) is 0.550. The second-order valence-electron chi connectivity index (χ2n) is 7.61. The first-order valence-electron chi connectivity index (χ1n) is 9.92. The number of nitrogens with two attached hydrogens (primary N) is 1. The van der Waals surface area contributed by atoms with E-state index >= 15 is 0 Å². The topological polar surface area (TPSA) is 91.1 Å². The first kappa shape index (κ1) is 18.0. The van der Waals surface area contributed by atoms with Crippen molar-refractivity contribution >= 4 is 11.7 Å². The van der Waals surface area contributed by atoms with Crippen LogP contribution < -0.4 is 5.73 Å². The van der Waals surface area contributed by atoms with Crippen LogP contribution in [0.25, 0.3) is 0 Å². The van der Waals surface area contributed by atoms with E-state index in [1.165, 1.54) is 24.2 Å². The van der Waals surface area contributed by atoms with Crippen LogP contribution in [0, 0.1) is 0 Å². The number of hydrogen-bond acceptors (Lipinski definition) is 5. The van der Waals surface area contributed by atoms with E-state index in [9.17, 15) is 4.79 Å². The molecule has 3 N–H and O–H groups in total. The number of aromatic amines is 1. The van der Waals surface area contributed by atoms with Crippen LogP contribution >= 0.6 is 0 Å². The molecule has 7 nitrogen and oxygen atoms in total. The zero-order chi connectivity index (χ0) is 18.9. The van der Waals surface area contributed by atoms with Gasteiger partial charge in [-0.1, -0.05) is 13.3 Å². The van der Waals surface area contributed by atoms with E-state index in [2.05, 4.69) is 21.8 Å². The maximum absolute atomic E-state index is 12.9. The smallest absolute Gasteiger partial charge is 0.254 e. The average molecular weight is 368 g/mol. The van der Waals surface area contributed by atoms with Crippen molar-refractivity contribution < 1.29 is 4.79 Å². The van der Waals surface area contributed by atoms with Gasteiger partial charge < -0.3 is 15.6 Å². The summed E-state index contributed by atoms with van der Waals surface area (Å²) in [6.07, 6.45) is 8.67. The third-order valence-corrected chi connectivity index (χ3v) is 6.08. The molecule has 4 heterocycles. The number of carbonyl (C=O) groups excluding carboxylic acids is 1. The first-order chi connectivity index (χ1) is 13.1. The largest absolute Gasteiger partial charge is 0.384 e. The Morgan fingerprint density at radius 3 is 2.85 bits per heavy atom. The van der Waals surface area contributed by atoms with Gasteiger partial charge in [-0.15, -0.1) is 0 Å². The van der Waals surface area contributed by atoms with E-state index in [0.717, 1.165) is 45.4 Å². The lowest BCUT2D eigenvalue weighted by molar-refractivity contribution is 0.00631. The standard InChI is InChI=1S/C20H28N6O/c1-2-3-9-26-10-5-16-18(24-14-23-16)20(26)6-11-25(12-7-20)19(27)15-4-8-22-17(21)13-15/h4,8,13-14H,2-3,5-7,9-12H2,1H3,(H2,21,22)(H,23,24). The molecule has 1 amide bonds. The monoisotopic (exact) mass is 368 g/mol. The zero-order valence-electron chi connectivity index (χ0n) is 15.9. The SMILES string of the molecule is CCCCN1CCc2[nH]cnc2C12CCN(C(=O)c1ccnc(N)c1)CC2. The number of nitrogens with zero attached hydrogens (tertiary/aromatic N) is 4. The van der Waals surface area contributed by atoms with Crippen molar-refractivity contribution in [3.8, 4) is 0 Å². The van der Waals surface area contributed by atoms with Crippen LogP contribution in [0.5, 0.6) is 0 Å². The summed E-state index contributed by atoms with van der Waals surface area (Å²) in [4.78, 5) is 29.5. The van der Waals surface area contributed by atoms with Crippen LogP contribution in [0.2, 0.25) is 0 Å². The lowest BCUT2D eigenvalue weighted by Gasteiger charge is -2.50. The fourth-order valence-electron chi connectivity index (χ4n) is 4.59. The highest BCUT2D eigenvalue weighted by atomic mass is 16.2. The van der Waals surface area contributed by atoms with Gasteiger partial charge in [0.05, 0.1) is 17.6 Å². The van der Waals surface area contributed by atoms with Gasteiger partial charge in [-0.05, 0) is 37.9 Å². The molecule has 4 rings (SSSR count). The van der Waals surface area contributed by atoms with Crippen LogP contribution in [0.1, 0.15) is 54.4 Å². The molecule has 1 spiro atoms. The number of hydrogen-bond donors (Lipinski definition) is 2. The Labute approximate surface area is 160 Å². The minimum atomic E-state index is -0.0448. The third-order valence-electron chi connectivity index (χ3n) is 6.08. The molecular formula is C20H28N6O. The number of anilines is 1. The molecule has 7 heteroatoms. The summed E-state index contributed by atoms with van der Waals surface area (Å²) >= 11 is 0. The number of pyridine rings is 1. The normalized spacial score (nSPS) is 19.2. The fourth-order valence-corrected chi connectivity index (χ4v) is 4.59. The summed E-state index contributed by atoms with van der Waals surface area (Å²) in [5, 5.41) is 0. The Bertz CT molecular complexity index is 808. The van der Waals surface area contributed by atoms with E-state index in [1.54, 1.807) is 18.3 Å². The van der Waals surface area contributed by atoms with Crippen molar-refractivity contribution in [3.05, 3.63) is 41.6 Å². The Balaban J connectivity index is 1.54. The summed E-state index contributed by atoms with van der Waals surface area (Å²) in [5.74, 6) is 0.422. The molecule has 0 aromatic carbocycles. The molecule has 1 fully saturated rings. The molecule has 2 aliphatic heterocycles. The number of piperidine rings is 1. The number of rotatable bonds is 4. The molecule has 2 aliphatic rings. The number of nitrogen functional groups attached to an aromatic ring is 1. The molecule has 0 bridgehead atoms. The molecule has 27 heavy (non-hydrogen) atoms. The van der Waals surface area contributed by atoms with Crippen molar-refractivity contribution in [2.75, 3.05) is 31.9 Å². The van der Waals surface area contributed by atoms with Gasteiger partial charge in [0.15, 0.2) is 0 Å². The Kier molecular flexibility index (Phi) is 4.86. The van der Waals surface area contributed by atoms with Gasteiger partial charge in [0.1, 0.15) is 5.82 Å². The number of fused-ring (bicyclic) bond motifs is 2. The van der Waals surface area contributed by atoms with Crippen LogP contribution in [-0.2, 0) is 12.0 Å². The molecule has 0 unspecified atom stereocenters. The number of likely N-dealkylation sites (tertiary alicyclic amines) is 1. The second kappa shape index (κ2) is 7.31. The number of imidazole rings is 1. The molecule has 2 aromatic heterocycles. The van der Waals surface area contributed by atoms with Crippen molar-refractivity contribution in [2.45, 2.75) is 44.6 Å². The van der Waals surface area contributed by atoms with Crippen LogP contribution in [-0.4, -0.2) is 56.8 Å². The summed E-state index contributed by atoms with van der Waals surface area (Å²) < 4.78 is 0. The maximum Gasteiger partial charge on any atom is 0.254 e. The predicted octanol–water partition coefficient (Wildman–Crippen LogP) is 2.18. The minimum Gasteiger partial charge on any atom is -0.384 e. The Morgan fingerprint density at radius 2 is 2.11 bits per heavy atom. The number of unbranched alkanes of at least 4 members (excludes halogenated alkanes) is 1. The average Bonchev–Trinajstić information content (AvgIpc) is 3.18. The van der Waals surface area contributed by atoms with Crippen LogP contribution in [0.4, 0.5) is 5.82 Å². The van der Waals surface area contributed by atoms with Crippen molar-refractivity contribution in [1.82, 2.24) is 24.8 Å². The maximum atomic E-state index is 12.9. The molecule has 0 aliphatic carbocycles. The van der Waals surface area contributed by atoms with Gasteiger partial charge in [0.25, 0.3) is 5.91 Å². The number of aromatic nitrogens is 3. The molecule has 0 radical (unpaired) electrons. The van der Waals surface area contributed by atoms with Crippen molar-refractivity contribution in [3.63, 3.8) is 0 Å². The molecule has 0 atom stereocenters. The van der Waals surface area contributed by atoms with Gasteiger partial charge >= 0.3 is 0 Å².